The maximum absolute atomic E-state index is 12.9. The number of hydrogen-bond donors (Lipinski definition) is 1. The van der Waals surface area contributed by atoms with Crippen LogP contribution in [0.3, 0.4) is 0 Å². The summed E-state index contributed by atoms with van der Waals surface area (Å²) >= 11 is 0. The van der Waals surface area contributed by atoms with Gasteiger partial charge in [-0.25, -0.2) is 14.6 Å². The number of nitrogens with one attached hydrogen (secondary N) is 1. The van der Waals surface area contributed by atoms with E-state index >= 15 is 0 Å². The third-order valence-electron chi connectivity index (χ3n) is 5.76. The van der Waals surface area contributed by atoms with E-state index in [1.807, 2.05) is 39.0 Å². The van der Waals surface area contributed by atoms with Gasteiger partial charge in [-0.15, -0.1) is 0 Å². The minimum Gasteiger partial charge on any atom is -0.490 e. The molecule has 1 fully saturated rings. The fourth-order valence-electron chi connectivity index (χ4n) is 3.94. The second-order valence-electron chi connectivity index (χ2n) is 8.70. The van der Waals surface area contributed by atoms with Crippen molar-refractivity contribution in [2.75, 3.05) is 24.7 Å². The zero-order valence-electron chi connectivity index (χ0n) is 19.4. The van der Waals surface area contributed by atoms with Crippen molar-refractivity contribution in [3.63, 3.8) is 0 Å². The van der Waals surface area contributed by atoms with Crippen LogP contribution in [0, 0.1) is 12.8 Å². The summed E-state index contributed by atoms with van der Waals surface area (Å²) in [5.74, 6) is -1.30. The summed E-state index contributed by atoms with van der Waals surface area (Å²) in [5.41, 5.74) is 2.04. The van der Waals surface area contributed by atoms with Gasteiger partial charge in [-0.3, -0.25) is 14.4 Å². The molecule has 178 valence electrons. The highest BCUT2D eigenvalue weighted by Crippen LogP contribution is 2.34. The van der Waals surface area contributed by atoms with Crippen LogP contribution in [0.4, 0.5) is 10.5 Å². The Morgan fingerprint density at radius 3 is 2.32 bits per heavy atom. The molecule has 34 heavy (non-hydrogen) atoms. The van der Waals surface area contributed by atoms with Gasteiger partial charge in [0.15, 0.2) is 11.5 Å². The van der Waals surface area contributed by atoms with Gasteiger partial charge < -0.3 is 14.8 Å². The Hall–Kier alpha value is -3.88. The van der Waals surface area contributed by atoms with Crippen LogP contribution in [-0.4, -0.2) is 48.4 Å². The average Bonchev–Trinajstić information content (AvgIpc) is 2.97. The number of urea groups is 1. The fraction of sp³-hybridized carbons (Fsp3) is 0.360. The molecule has 2 aliphatic rings. The van der Waals surface area contributed by atoms with Gasteiger partial charge in [-0.2, -0.15) is 0 Å². The highest BCUT2D eigenvalue weighted by molar-refractivity contribution is 6.53. The van der Waals surface area contributed by atoms with E-state index in [1.54, 1.807) is 24.3 Å². The number of anilines is 1. The molecular formula is C25H27N3O6. The van der Waals surface area contributed by atoms with Gasteiger partial charge in [0.25, 0.3) is 0 Å². The fourth-order valence-corrected chi connectivity index (χ4v) is 3.94. The second kappa shape index (κ2) is 9.54. The van der Waals surface area contributed by atoms with Crippen LogP contribution in [0.15, 0.2) is 42.5 Å². The summed E-state index contributed by atoms with van der Waals surface area (Å²) in [6.07, 6.45) is 0.782. The van der Waals surface area contributed by atoms with Crippen molar-refractivity contribution in [1.29, 1.82) is 0 Å². The van der Waals surface area contributed by atoms with Crippen LogP contribution in [0.25, 0.3) is 0 Å². The zero-order valence-corrected chi connectivity index (χ0v) is 19.4. The van der Waals surface area contributed by atoms with Crippen molar-refractivity contribution in [1.82, 2.24) is 10.2 Å². The molecule has 1 saturated heterocycles. The molecule has 0 aliphatic carbocycles. The van der Waals surface area contributed by atoms with Crippen LogP contribution in [0.5, 0.6) is 11.5 Å². The van der Waals surface area contributed by atoms with Crippen molar-refractivity contribution < 1.29 is 28.7 Å². The smallest absolute Gasteiger partial charge is 0.339 e. The first-order valence-electron chi connectivity index (χ1n) is 11.2. The van der Waals surface area contributed by atoms with Gasteiger partial charge in [0.2, 0.25) is 5.91 Å². The topological polar surface area (TPSA) is 105 Å². The van der Waals surface area contributed by atoms with E-state index in [1.165, 1.54) is 0 Å². The molecule has 1 atom stereocenters. The lowest BCUT2D eigenvalue weighted by molar-refractivity contribution is -0.140. The monoisotopic (exact) mass is 465 g/mol. The van der Waals surface area contributed by atoms with Gasteiger partial charge >= 0.3 is 17.8 Å². The van der Waals surface area contributed by atoms with Crippen molar-refractivity contribution in [2.45, 2.75) is 33.2 Å². The first-order chi connectivity index (χ1) is 16.3. The Labute approximate surface area is 197 Å². The van der Waals surface area contributed by atoms with E-state index < -0.39 is 36.3 Å². The standard InChI is InChI=1S/C25H27N3O6/c1-15(2)22(17-7-10-19-20(13-17)34-12-4-11-33-19)26-21(29)14-27-23(30)24(31)28(25(27)32)18-8-5-16(3)6-9-18/h5-10,13,15,22H,4,11-12,14H2,1-3H3,(H,26,29)/t22-/m0/s1. The van der Waals surface area contributed by atoms with Crippen LogP contribution in [-0.2, 0) is 14.4 Å². The van der Waals surface area contributed by atoms with E-state index in [2.05, 4.69) is 5.32 Å². The largest absolute Gasteiger partial charge is 0.490 e. The molecule has 0 aromatic heterocycles. The van der Waals surface area contributed by atoms with Crippen molar-refractivity contribution in [3.8, 4) is 11.5 Å². The molecule has 2 heterocycles. The minimum atomic E-state index is -1.03. The predicted octanol–water partition coefficient (Wildman–Crippen LogP) is 2.97. The van der Waals surface area contributed by atoms with E-state index in [0.29, 0.717) is 29.6 Å². The first kappa shape index (κ1) is 23.3. The van der Waals surface area contributed by atoms with Crippen LogP contribution in [0.1, 0.15) is 37.4 Å². The molecule has 0 saturated carbocycles. The van der Waals surface area contributed by atoms with Gasteiger partial charge in [-0.05, 0) is 42.7 Å². The Morgan fingerprint density at radius 2 is 1.65 bits per heavy atom. The van der Waals surface area contributed by atoms with Gasteiger partial charge in [0.1, 0.15) is 6.54 Å². The Kier molecular flexibility index (Phi) is 6.54. The third kappa shape index (κ3) is 4.59. The molecule has 2 aromatic carbocycles. The lowest BCUT2D eigenvalue weighted by Gasteiger charge is -2.25. The SMILES string of the molecule is Cc1ccc(N2C(=O)C(=O)N(CC(=O)N[C@H](c3ccc4c(c3)OCCCO4)C(C)C)C2=O)cc1. The van der Waals surface area contributed by atoms with Gasteiger partial charge in [-0.1, -0.05) is 37.6 Å². The summed E-state index contributed by atoms with van der Waals surface area (Å²) in [5, 5.41) is 2.89. The molecule has 9 heteroatoms. The highest BCUT2D eigenvalue weighted by atomic mass is 16.5. The van der Waals surface area contributed by atoms with E-state index in [4.69, 9.17) is 9.47 Å². The maximum Gasteiger partial charge on any atom is 0.339 e. The van der Waals surface area contributed by atoms with Crippen molar-refractivity contribution >= 4 is 29.4 Å². The van der Waals surface area contributed by atoms with Gasteiger partial charge in [0, 0.05) is 6.42 Å². The van der Waals surface area contributed by atoms with E-state index in [9.17, 15) is 19.2 Å². The number of imide groups is 2. The van der Waals surface area contributed by atoms with E-state index in [-0.39, 0.29) is 11.6 Å². The Balaban J connectivity index is 1.49. The number of fused-ring (bicyclic) bond motifs is 1. The number of benzene rings is 2. The van der Waals surface area contributed by atoms with Crippen molar-refractivity contribution in [2.24, 2.45) is 5.92 Å². The summed E-state index contributed by atoms with van der Waals surface area (Å²) in [6, 6.07) is 10.9. The third-order valence-corrected chi connectivity index (χ3v) is 5.76. The number of rotatable bonds is 6. The molecular weight excluding hydrogens is 438 g/mol. The first-order valence-corrected chi connectivity index (χ1v) is 11.2. The second-order valence-corrected chi connectivity index (χ2v) is 8.70. The number of ether oxygens (including phenoxy) is 2. The average molecular weight is 466 g/mol. The number of carbonyl (C=O) groups is 4. The number of hydrogen-bond acceptors (Lipinski definition) is 6. The predicted molar refractivity (Wildman–Crippen MR) is 124 cm³/mol. The zero-order chi connectivity index (χ0) is 24.4. The van der Waals surface area contributed by atoms with Crippen molar-refractivity contribution in [3.05, 3.63) is 53.6 Å². The maximum atomic E-state index is 12.9. The lowest BCUT2D eigenvalue weighted by atomic mass is 9.95. The van der Waals surface area contributed by atoms with Crippen LogP contribution < -0.4 is 19.7 Å². The minimum absolute atomic E-state index is 0.00404. The molecule has 4 rings (SSSR count). The van der Waals surface area contributed by atoms with Crippen LogP contribution in [0.2, 0.25) is 0 Å². The number of carbonyl (C=O) groups excluding carboxylic acids is 4. The molecule has 0 bridgehead atoms. The molecule has 2 aliphatic heterocycles. The molecule has 0 spiro atoms. The highest BCUT2D eigenvalue weighted by Gasteiger charge is 2.46. The Morgan fingerprint density at radius 1 is 0.971 bits per heavy atom. The summed E-state index contributed by atoms with van der Waals surface area (Å²) in [4.78, 5) is 52.1. The molecule has 0 unspecified atom stereocenters. The molecule has 9 nitrogen and oxygen atoms in total. The Bertz CT molecular complexity index is 1130. The summed E-state index contributed by atoms with van der Waals surface area (Å²) in [7, 11) is 0. The number of amides is 5. The van der Waals surface area contributed by atoms with E-state index in [0.717, 1.165) is 22.4 Å². The summed E-state index contributed by atoms with van der Waals surface area (Å²) in [6.45, 7) is 6.32. The van der Waals surface area contributed by atoms with Crippen LogP contribution >= 0.6 is 0 Å². The quantitative estimate of drug-likeness (QED) is 0.520. The molecule has 0 radical (unpaired) electrons. The molecule has 5 amide bonds. The number of nitrogens with zero attached hydrogens (tertiary/aromatic N) is 2. The normalized spacial score (nSPS) is 16.6. The number of aryl methyl sites for hydroxylation is 1. The van der Waals surface area contributed by atoms with Gasteiger partial charge in [0.05, 0.1) is 24.9 Å². The lowest BCUT2D eigenvalue weighted by Crippen LogP contribution is -2.43. The molecule has 1 N–H and O–H groups in total. The summed E-state index contributed by atoms with van der Waals surface area (Å²) < 4.78 is 11.4. The molecule has 2 aromatic rings.